The highest BCUT2D eigenvalue weighted by atomic mass is 16.7. The van der Waals surface area contributed by atoms with E-state index in [9.17, 15) is 4.79 Å². The molecule has 6 nitrogen and oxygen atoms in total. The molecule has 5 rings (SSSR count). The van der Waals surface area contributed by atoms with Crippen molar-refractivity contribution < 1.29 is 9.63 Å². The van der Waals surface area contributed by atoms with Crippen LogP contribution >= 0.6 is 0 Å². The summed E-state index contributed by atoms with van der Waals surface area (Å²) in [5.41, 5.74) is 10.4. The third-order valence-corrected chi connectivity index (χ3v) is 6.85. The van der Waals surface area contributed by atoms with Crippen molar-refractivity contribution in [2.45, 2.75) is 36.9 Å². The van der Waals surface area contributed by atoms with Gasteiger partial charge in [0.1, 0.15) is 11.9 Å². The van der Waals surface area contributed by atoms with Crippen LogP contribution in [0.25, 0.3) is 0 Å². The molecule has 0 saturated heterocycles. The molecule has 0 bridgehead atoms. The molecule has 1 amide bonds. The van der Waals surface area contributed by atoms with Gasteiger partial charge in [0.15, 0.2) is 0 Å². The number of carbonyl (C=O) groups is 1. The second-order valence-electron chi connectivity index (χ2n) is 8.73. The van der Waals surface area contributed by atoms with Crippen molar-refractivity contribution in [3.8, 4) is 0 Å². The molecule has 2 heterocycles. The fourth-order valence-electron chi connectivity index (χ4n) is 4.71. The number of aliphatic imine (C=N–C) groups is 1. The van der Waals surface area contributed by atoms with Crippen LogP contribution in [-0.2, 0) is 15.2 Å². The van der Waals surface area contributed by atoms with Gasteiger partial charge in [0.2, 0.25) is 0 Å². The molecule has 6 heteroatoms. The van der Waals surface area contributed by atoms with Crippen molar-refractivity contribution >= 4 is 11.7 Å². The Labute approximate surface area is 188 Å². The molecule has 1 aliphatic carbocycles. The van der Waals surface area contributed by atoms with E-state index < -0.39 is 0 Å². The molecule has 1 saturated carbocycles. The number of hydroxylamine groups is 2. The zero-order valence-corrected chi connectivity index (χ0v) is 18.4. The maximum absolute atomic E-state index is 12.6. The highest BCUT2D eigenvalue weighted by molar-refractivity contribution is 6.07. The molecule has 2 N–H and O–H groups in total. The summed E-state index contributed by atoms with van der Waals surface area (Å²) in [6.07, 6.45) is 8.89. The maximum atomic E-state index is 12.6. The van der Waals surface area contributed by atoms with E-state index in [4.69, 9.17) is 15.6 Å². The molecule has 3 aliphatic rings. The Morgan fingerprint density at radius 2 is 1.84 bits per heavy atom. The number of nitrogens with two attached hydrogens (primary N) is 1. The van der Waals surface area contributed by atoms with Gasteiger partial charge in [-0.1, -0.05) is 54.6 Å². The molecule has 164 valence electrons. The van der Waals surface area contributed by atoms with E-state index in [1.165, 1.54) is 29.7 Å². The van der Waals surface area contributed by atoms with Crippen molar-refractivity contribution in [3.63, 3.8) is 0 Å². The average Bonchev–Trinajstić information content (AvgIpc) is 3.21. The van der Waals surface area contributed by atoms with Crippen LogP contribution in [0.2, 0.25) is 0 Å². The molecule has 2 aromatic rings. The molecule has 2 aromatic carbocycles. The summed E-state index contributed by atoms with van der Waals surface area (Å²) >= 11 is 0. The molecule has 0 aromatic heterocycles. The van der Waals surface area contributed by atoms with Gasteiger partial charge in [-0.15, -0.1) is 0 Å². The Bertz CT molecular complexity index is 1100. The van der Waals surface area contributed by atoms with E-state index in [-0.39, 0.29) is 23.5 Å². The molecule has 2 unspecified atom stereocenters. The number of likely N-dealkylation sites (N-methyl/N-ethyl adjacent to an activating group) is 1. The number of hydrogen-bond acceptors (Lipinski definition) is 5. The summed E-state index contributed by atoms with van der Waals surface area (Å²) in [7, 11) is 3.08. The van der Waals surface area contributed by atoms with Gasteiger partial charge in [-0.05, 0) is 48.1 Å². The summed E-state index contributed by atoms with van der Waals surface area (Å²) in [5, 5.41) is 1.22. The van der Waals surface area contributed by atoms with E-state index in [0.717, 1.165) is 24.2 Å². The summed E-state index contributed by atoms with van der Waals surface area (Å²) in [6.45, 7) is 0. The highest BCUT2D eigenvalue weighted by Crippen LogP contribution is 2.45. The lowest BCUT2D eigenvalue weighted by molar-refractivity contribution is -0.163. The fourth-order valence-corrected chi connectivity index (χ4v) is 4.71. The number of nitrogens with zero attached hydrogens (tertiary/aromatic N) is 3. The van der Waals surface area contributed by atoms with Gasteiger partial charge in [0.25, 0.3) is 5.91 Å². The number of benzene rings is 2. The Hall–Kier alpha value is -3.22. The first-order valence-corrected chi connectivity index (χ1v) is 11.0. The number of fused-ring (bicyclic) bond motifs is 1. The third kappa shape index (κ3) is 3.45. The molecular weight excluding hydrogens is 400 g/mol. The minimum Gasteiger partial charge on any atom is -0.323 e. The van der Waals surface area contributed by atoms with Crippen LogP contribution in [0.1, 0.15) is 48.0 Å². The average molecular weight is 429 g/mol. The summed E-state index contributed by atoms with van der Waals surface area (Å²) in [5.74, 6) is 0.571. The minimum atomic E-state index is -0.205. The van der Waals surface area contributed by atoms with Crippen LogP contribution in [0.15, 0.2) is 83.5 Å². The summed E-state index contributed by atoms with van der Waals surface area (Å²) < 4.78 is 0. The number of hydrogen-bond donors (Lipinski definition) is 1. The Kier molecular flexibility index (Phi) is 5.19. The van der Waals surface area contributed by atoms with Crippen LogP contribution in [-0.4, -0.2) is 35.9 Å². The first-order valence-electron chi connectivity index (χ1n) is 11.0. The Morgan fingerprint density at radius 1 is 1.12 bits per heavy atom. The van der Waals surface area contributed by atoms with Crippen molar-refractivity contribution in [1.82, 2.24) is 9.96 Å². The molecule has 2 aliphatic heterocycles. The predicted molar refractivity (Wildman–Crippen MR) is 124 cm³/mol. The predicted octanol–water partition coefficient (Wildman–Crippen LogP) is 3.99. The first kappa shape index (κ1) is 20.7. The lowest BCUT2D eigenvalue weighted by Crippen LogP contribution is -2.43. The highest BCUT2D eigenvalue weighted by Gasteiger charge is 2.39. The largest absolute Gasteiger partial charge is 0.323 e. The number of carbonyl (C=O) groups excluding carboxylic acids is 1. The SMILES string of the molecule is CON(C)C(=O)C1=CC2=NC(c3ccc(C4(N)CCC4)cc3)C(c3ccccc3)N2C=C1. The van der Waals surface area contributed by atoms with Gasteiger partial charge in [0, 0.05) is 24.4 Å². The normalized spacial score (nSPS) is 23.2. The molecule has 2 atom stereocenters. The van der Waals surface area contributed by atoms with Gasteiger partial charge in [-0.2, -0.15) is 0 Å². The van der Waals surface area contributed by atoms with Gasteiger partial charge < -0.3 is 10.6 Å². The monoisotopic (exact) mass is 428 g/mol. The van der Waals surface area contributed by atoms with E-state index in [0.29, 0.717) is 5.57 Å². The lowest BCUT2D eigenvalue weighted by Gasteiger charge is -2.38. The Morgan fingerprint density at radius 3 is 2.47 bits per heavy atom. The van der Waals surface area contributed by atoms with Crippen molar-refractivity contribution in [1.29, 1.82) is 0 Å². The lowest BCUT2D eigenvalue weighted by atomic mass is 9.72. The molecule has 1 fully saturated rings. The third-order valence-electron chi connectivity index (χ3n) is 6.85. The molecular formula is C26H28N4O2. The standard InChI is InChI=1S/C26H28N4O2/c1-29(32-2)25(31)20-13-16-30-22(17-20)28-23(24(30)19-7-4-3-5-8-19)18-9-11-21(12-10-18)26(27)14-6-15-26/h3-5,7-13,16-17,23-24H,6,14-15,27H2,1-2H3. The first-order chi connectivity index (χ1) is 15.5. The van der Waals surface area contributed by atoms with E-state index >= 15 is 0 Å². The zero-order chi connectivity index (χ0) is 22.3. The van der Waals surface area contributed by atoms with Crippen molar-refractivity contribution in [3.05, 3.63) is 95.2 Å². The minimum absolute atomic E-state index is 0.0110. The van der Waals surface area contributed by atoms with Crippen molar-refractivity contribution in [2.75, 3.05) is 14.2 Å². The summed E-state index contributed by atoms with van der Waals surface area (Å²) in [4.78, 5) is 24.8. The molecule has 0 spiro atoms. The van der Waals surface area contributed by atoms with Crippen LogP contribution in [0.4, 0.5) is 0 Å². The molecule has 32 heavy (non-hydrogen) atoms. The topological polar surface area (TPSA) is 71.2 Å². The zero-order valence-electron chi connectivity index (χ0n) is 18.4. The van der Waals surface area contributed by atoms with E-state index in [1.807, 2.05) is 36.6 Å². The maximum Gasteiger partial charge on any atom is 0.277 e. The second kappa shape index (κ2) is 8.04. The quantitative estimate of drug-likeness (QED) is 0.731. The van der Waals surface area contributed by atoms with Gasteiger partial charge in [-0.3, -0.25) is 14.6 Å². The van der Waals surface area contributed by atoms with E-state index in [2.05, 4.69) is 41.3 Å². The summed E-state index contributed by atoms with van der Waals surface area (Å²) in [6, 6.07) is 18.9. The number of amidine groups is 1. The second-order valence-corrected chi connectivity index (χ2v) is 8.73. The van der Waals surface area contributed by atoms with Gasteiger partial charge >= 0.3 is 0 Å². The van der Waals surface area contributed by atoms with Crippen LogP contribution in [0, 0.1) is 0 Å². The molecule has 0 radical (unpaired) electrons. The van der Waals surface area contributed by atoms with Crippen LogP contribution in [0.3, 0.4) is 0 Å². The fraction of sp³-hybridized carbons (Fsp3) is 0.308. The van der Waals surface area contributed by atoms with Crippen LogP contribution < -0.4 is 5.73 Å². The number of rotatable bonds is 5. The van der Waals surface area contributed by atoms with Crippen molar-refractivity contribution in [2.24, 2.45) is 10.7 Å². The van der Waals surface area contributed by atoms with E-state index in [1.54, 1.807) is 7.05 Å². The smallest absolute Gasteiger partial charge is 0.277 e. The van der Waals surface area contributed by atoms with Gasteiger partial charge in [-0.25, -0.2) is 5.06 Å². The van der Waals surface area contributed by atoms with Crippen LogP contribution in [0.5, 0.6) is 0 Å². The number of amides is 1. The van der Waals surface area contributed by atoms with Gasteiger partial charge in [0.05, 0.1) is 13.2 Å². The Balaban J connectivity index is 1.51.